The second-order valence-electron chi connectivity index (χ2n) is 10.3. The number of nitrogens with one attached hydrogen (secondary N) is 2. The van der Waals surface area contributed by atoms with Crippen LogP contribution in [0.3, 0.4) is 0 Å². The van der Waals surface area contributed by atoms with Gasteiger partial charge in [0.2, 0.25) is 5.91 Å². The van der Waals surface area contributed by atoms with Crippen LogP contribution in [0.15, 0.2) is 54.6 Å². The third-order valence-corrected chi connectivity index (χ3v) is 8.46. The summed E-state index contributed by atoms with van der Waals surface area (Å²) in [7, 11) is 0. The molecule has 0 spiro atoms. The average molecular weight is 654 g/mol. The lowest BCUT2D eigenvalue weighted by atomic mass is 9.98. The molecule has 4 rings (SSSR count). The fraction of sp³-hybridized carbons (Fsp3) is 0.355. The minimum Gasteiger partial charge on any atom is -0.490 e. The fourth-order valence-electron chi connectivity index (χ4n) is 4.62. The van der Waals surface area contributed by atoms with Crippen LogP contribution in [0.25, 0.3) is 0 Å². The number of carboxylic acid groups (broad SMARTS) is 1. The van der Waals surface area contributed by atoms with Crippen LogP contribution in [0, 0.1) is 24.7 Å². The van der Waals surface area contributed by atoms with Crippen LogP contribution in [0.5, 0.6) is 11.5 Å². The van der Waals surface area contributed by atoms with Crippen LogP contribution in [0.4, 0.5) is 0 Å². The molecule has 0 saturated heterocycles. The first kappa shape index (κ1) is 32.2. The maximum Gasteiger partial charge on any atom is 0.306 e. The predicted octanol–water partition coefficient (Wildman–Crippen LogP) is 6.85. The van der Waals surface area contributed by atoms with Gasteiger partial charge in [-0.05, 0) is 79.3 Å². The Morgan fingerprint density at radius 1 is 0.976 bits per heavy atom. The van der Waals surface area contributed by atoms with Crippen molar-refractivity contribution in [1.82, 2.24) is 10.6 Å². The Hall–Kier alpha value is -2.68. The number of carbonyl (C=O) groups is 2. The lowest BCUT2D eigenvalue weighted by Gasteiger charge is -2.19. The Balaban J connectivity index is 1.30. The van der Waals surface area contributed by atoms with Gasteiger partial charge < -0.3 is 25.2 Å². The molecule has 3 atom stereocenters. The van der Waals surface area contributed by atoms with Crippen molar-refractivity contribution in [3.8, 4) is 11.5 Å². The zero-order valence-corrected chi connectivity index (χ0v) is 26.0. The molecule has 1 saturated carbocycles. The molecule has 42 heavy (non-hydrogen) atoms. The molecular formula is C31H32Cl4N2O5. The van der Waals surface area contributed by atoms with E-state index in [4.69, 9.17) is 61.0 Å². The maximum atomic E-state index is 13.2. The van der Waals surface area contributed by atoms with Crippen LogP contribution < -0.4 is 20.1 Å². The highest BCUT2D eigenvalue weighted by Crippen LogP contribution is 2.38. The third kappa shape index (κ3) is 9.16. The highest BCUT2D eigenvalue weighted by atomic mass is 35.5. The number of aliphatic carboxylic acids is 1. The maximum absolute atomic E-state index is 13.2. The van der Waals surface area contributed by atoms with Crippen LogP contribution >= 0.6 is 46.4 Å². The molecule has 1 aliphatic carbocycles. The lowest BCUT2D eigenvalue weighted by molar-refractivity contribution is -0.138. The molecule has 0 aliphatic heterocycles. The molecule has 3 N–H and O–H groups in total. The van der Waals surface area contributed by atoms with Gasteiger partial charge in [-0.3, -0.25) is 9.59 Å². The van der Waals surface area contributed by atoms with E-state index in [1.165, 1.54) is 0 Å². The van der Waals surface area contributed by atoms with Gasteiger partial charge in [0, 0.05) is 13.1 Å². The zero-order valence-electron chi connectivity index (χ0n) is 23.0. The van der Waals surface area contributed by atoms with Crippen molar-refractivity contribution in [2.75, 3.05) is 26.3 Å². The first-order valence-electron chi connectivity index (χ1n) is 13.6. The number of carbonyl (C=O) groups excluding carboxylic acids is 1. The molecular weight excluding hydrogens is 622 g/mol. The van der Waals surface area contributed by atoms with Crippen LogP contribution in [0.1, 0.15) is 23.1 Å². The van der Waals surface area contributed by atoms with Crippen molar-refractivity contribution in [2.24, 2.45) is 17.8 Å². The van der Waals surface area contributed by atoms with Gasteiger partial charge in [-0.15, -0.1) is 0 Å². The summed E-state index contributed by atoms with van der Waals surface area (Å²) < 4.78 is 11.5. The molecule has 7 nitrogen and oxygen atoms in total. The summed E-state index contributed by atoms with van der Waals surface area (Å²) in [6, 6.07) is 16.4. The summed E-state index contributed by atoms with van der Waals surface area (Å²) in [5.74, 6) is -0.436. The summed E-state index contributed by atoms with van der Waals surface area (Å²) in [6.07, 6.45) is 1.13. The van der Waals surface area contributed by atoms with Gasteiger partial charge in [0.1, 0.15) is 19.0 Å². The van der Waals surface area contributed by atoms with Gasteiger partial charge in [-0.2, -0.15) is 0 Å². The monoisotopic (exact) mass is 652 g/mol. The summed E-state index contributed by atoms with van der Waals surface area (Å²) >= 11 is 24.9. The van der Waals surface area contributed by atoms with Gasteiger partial charge in [0.15, 0.2) is 5.75 Å². The Kier molecular flexibility index (Phi) is 11.6. The topological polar surface area (TPSA) is 96.9 Å². The van der Waals surface area contributed by atoms with Gasteiger partial charge >= 0.3 is 5.97 Å². The summed E-state index contributed by atoms with van der Waals surface area (Å²) in [4.78, 5) is 24.4. The van der Waals surface area contributed by atoms with Gasteiger partial charge in [-0.25, -0.2) is 0 Å². The lowest BCUT2D eigenvalue weighted by Crippen LogP contribution is -2.38. The van der Waals surface area contributed by atoms with E-state index in [2.05, 4.69) is 10.6 Å². The molecule has 1 amide bonds. The van der Waals surface area contributed by atoms with Crippen molar-refractivity contribution in [3.05, 3.63) is 91.4 Å². The molecule has 0 radical (unpaired) electrons. The second-order valence-corrected chi connectivity index (χ2v) is 11.9. The number of aryl methyl sites for hydroxylation is 1. The van der Waals surface area contributed by atoms with E-state index in [1.807, 2.05) is 37.3 Å². The van der Waals surface area contributed by atoms with E-state index in [0.717, 1.165) is 16.7 Å². The molecule has 3 aromatic rings. The largest absolute Gasteiger partial charge is 0.490 e. The van der Waals surface area contributed by atoms with Crippen molar-refractivity contribution in [1.29, 1.82) is 0 Å². The van der Waals surface area contributed by atoms with Crippen molar-refractivity contribution in [2.45, 2.75) is 26.3 Å². The molecule has 1 fully saturated rings. The van der Waals surface area contributed by atoms with E-state index in [9.17, 15) is 9.59 Å². The highest BCUT2D eigenvalue weighted by Gasteiger charge is 2.42. The number of ether oxygens (including phenoxy) is 2. The first-order chi connectivity index (χ1) is 20.1. The molecule has 1 aliphatic rings. The Bertz CT molecular complexity index is 1380. The number of halogens is 4. The van der Waals surface area contributed by atoms with Crippen molar-refractivity contribution >= 4 is 58.3 Å². The van der Waals surface area contributed by atoms with Crippen LogP contribution in [-0.4, -0.2) is 43.3 Å². The highest BCUT2D eigenvalue weighted by molar-refractivity contribution is 6.42. The summed E-state index contributed by atoms with van der Waals surface area (Å²) in [5, 5.41) is 17.2. The molecule has 3 aromatic carbocycles. The molecule has 224 valence electrons. The first-order valence-corrected chi connectivity index (χ1v) is 15.1. The molecule has 3 unspecified atom stereocenters. The van der Waals surface area contributed by atoms with Gasteiger partial charge in [0.05, 0.1) is 31.9 Å². The zero-order chi connectivity index (χ0) is 30.2. The number of amides is 1. The van der Waals surface area contributed by atoms with E-state index >= 15 is 0 Å². The molecule has 0 bridgehead atoms. The molecule has 0 heterocycles. The van der Waals surface area contributed by atoms with E-state index in [0.29, 0.717) is 64.1 Å². The minimum atomic E-state index is -0.772. The normalized spacial score (nSPS) is 16.5. The van der Waals surface area contributed by atoms with Crippen LogP contribution in [0.2, 0.25) is 20.1 Å². The number of hydrogen-bond donors (Lipinski definition) is 3. The third-order valence-electron chi connectivity index (χ3n) is 7.04. The predicted molar refractivity (Wildman–Crippen MR) is 166 cm³/mol. The minimum absolute atomic E-state index is 0.0925. The van der Waals surface area contributed by atoms with E-state index in [-0.39, 0.29) is 30.9 Å². The van der Waals surface area contributed by atoms with Crippen molar-refractivity contribution in [3.63, 3.8) is 0 Å². The number of rotatable bonds is 15. The number of carboxylic acids is 1. The Labute approximate surface area is 265 Å². The summed E-state index contributed by atoms with van der Waals surface area (Å²) in [6.45, 7) is 3.65. The summed E-state index contributed by atoms with van der Waals surface area (Å²) in [5.41, 5.74) is 2.63. The molecule has 11 heteroatoms. The number of hydrogen-bond acceptors (Lipinski definition) is 5. The molecule has 0 aromatic heterocycles. The smallest absolute Gasteiger partial charge is 0.306 e. The van der Waals surface area contributed by atoms with E-state index < -0.39 is 11.9 Å². The average Bonchev–Trinajstić information content (AvgIpc) is 3.73. The van der Waals surface area contributed by atoms with Gasteiger partial charge in [0.25, 0.3) is 0 Å². The Morgan fingerprint density at radius 2 is 1.67 bits per heavy atom. The fourth-order valence-corrected chi connectivity index (χ4v) is 5.71. The Morgan fingerprint density at radius 3 is 2.33 bits per heavy atom. The number of benzene rings is 3. The quantitative estimate of drug-likeness (QED) is 0.155. The van der Waals surface area contributed by atoms with E-state index in [1.54, 1.807) is 24.3 Å². The van der Waals surface area contributed by atoms with Crippen molar-refractivity contribution < 1.29 is 24.2 Å². The SMILES string of the molecule is Cc1cc(Cl)c(OCCOc2ccc(CC(CNCC3CC3C(=O)O)C(=O)NCc3cccc(Cl)c3Cl)cc2)c(Cl)c1. The standard InChI is InChI=1S/C31H32Cl4N2O5/c1-18-11-26(33)29(27(34)12-18)42-10-9-41-23-7-5-19(6-8-23)13-22(16-36-15-21-14-24(21)31(39)40)30(38)37-17-20-3-2-4-25(32)28(20)35/h2-8,11-12,21-22,24,36H,9-10,13-17H2,1H3,(H,37,38)(H,39,40). The van der Waals surface area contributed by atoms with Gasteiger partial charge in [-0.1, -0.05) is 70.7 Å². The second kappa shape index (κ2) is 15.2. The van der Waals surface area contributed by atoms with Crippen LogP contribution in [-0.2, 0) is 22.6 Å².